The van der Waals surface area contributed by atoms with Gasteiger partial charge in [-0.15, -0.1) is 11.6 Å². The molecule has 0 fully saturated rings. The fraction of sp³-hybridized carbons (Fsp3) is 0.138. The van der Waals surface area contributed by atoms with Crippen LogP contribution < -0.4 is 20.5 Å². The lowest BCUT2D eigenvalue weighted by Crippen LogP contribution is -2.06. The van der Waals surface area contributed by atoms with Gasteiger partial charge in [-0.2, -0.15) is 5.26 Å². The van der Waals surface area contributed by atoms with Gasteiger partial charge in [0, 0.05) is 35.0 Å². The highest BCUT2D eigenvalue weighted by atomic mass is 35.5. The van der Waals surface area contributed by atoms with Crippen LogP contribution in [0.1, 0.15) is 29.0 Å². The highest BCUT2D eigenvalue weighted by Gasteiger charge is 2.18. The molecular weight excluding hydrogens is 523 g/mol. The predicted octanol–water partition coefficient (Wildman–Crippen LogP) is 6.80. The number of aromatic nitrogens is 1. The van der Waals surface area contributed by atoms with Crippen LogP contribution in [0.25, 0.3) is 10.9 Å². The normalized spacial score (nSPS) is 11.7. The summed E-state index contributed by atoms with van der Waals surface area (Å²) in [6, 6.07) is 20.8. The third-order valence-corrected chi connectivity index (χ3v) is 6.26. The second-order valence-electron chi connectivity index (χ2n) is 8.21. The number of alkyl halides is 1. The van der Waals surface area contributed by atoms with Crippen LogP contribution in [0.4, 0.5) is 11.4 Å². The Bertz CT molecular complexity index is 1530. The molecule has 9 heteroatoms. The van der Waals surface area contributed by atoms with E-state index in [2.05, 4.69) is 16.4 Å². The average Bonchev–Trinajstić information content (AvgIpc) is 2.92. The zero-order chi connectivity index (χ0) is 27.1. The summed E-state index contributed by atoms with van der Waals surface area (Å²) in [6.45, 7) is 2.64. The van der Waals surface area contributed by atoms with E-state index >= 15 is 0 Å². The van der Waals surface area contributed by atoms with Crippen LogP contribution in [-0.4, -0.2) is 17.5 Å². The van der Waals surface area contributed by atoms with E-state index in [1.807, 2.05) is 43.3 Å². The first-order valence-corrected chi connectivity index (χ1v) is 12.6. The molecular formula is C29H24Cl2N4O3. The Hall–Kier alpha value is -4.25. The Balaban J connectivity index is 1.70. The Morgan fingerprint density at radius 1 is 1.16 bits per heavy atom. The number of ether oxygens (including phenoxy) is 2. The molecule has 1 atom stereocenters. The number of carbonyl (C=O) groups is 1. The maximum absolute atomic E-state index is 11.2. The van der Waals surface area contributed by atoms with Gasteiger partial charge in [0.1, 0.15) is 24.2 Å². The molecule has 3 aromatic carbocycles. The summed E-state index contributed by atoms with van der Waals surface area (Å²) in [6.07, 6.45) is 4.17. The highest BCUT2D eigenvalue weighted by Crippen LogP contribution is 2.39. The number of nitrogens with one attached hydrogen (secondary N) is 1. The van der Waals surface area contributed by atoms with Crippen LogP contribution in [0, 0.1) is 11.3 Å². The predicted molar refractivity (Wildman–Crippen MR) is 150 cm³/mol. The topological polar surface area (TPSA) is 110 Å². The van der Waals surface area contributed by atoms with Gasteiger partial charge in [0.15, 0.2) is 0 Å². The van der Waals surface area contributed by atoms with Gasteiger partial charge in [-0.25, -0.2) is 0 Å². The van der Waals surface area contributed by atoms with Crippen LogP contribution in [-0.2, 0) is 11.4 Å². The highest BCUT2D eigenvalue weighted by molar-refractivity contribution is 6.32. The number of halogens is 2. The number of amides is 1. The lowest BCUT2D eigenvalue weighted by atomic mass is 10.0. The van der Waals surface area contributed by atoms with Crippen LogP contribution in [0.3, 0.4) is 0 Å². The van der Waals surface area contributed by atoms with E-state index in [1.54, 1.807) is 24.3 Å². The molecule has 0 aliphatic carbocycles. The summed E-state index contributed by atoms with van der Waals surface area (Å²) in [5.74, 6) is 0.439. The van der Waals surface area contributed by atoms with Crippen molar-refractivity contribution in [3.05, 3.63) is 101 Å². The number of pyridine rings is 1. The molecule has 192 valence electrons. The minimum absolute atomic E-state index is 0.326. The fourth-order valence-electron chi connectivity index (χ4n) is 3.81. The van der Waals surface area contributed by atoms with Crippen molar-refractivity contribution < 1.29 is 14.3 Å². The summed E-state index contributed by atoms with van der Waals surface area (Å²) in [5.41, 5.74) is 8.95. The zero-order valence-corrected chi connectivity index (χ0v) is 22.0. The zero-order valence-electron chi connectivity index (χ0n) is 20.4. The molecule has 1 unspecified atom stereocenters. The van der Waals surface area contributed by atoms with Crippen LogP contribution in [0.2, 0.25) is 5.02 Å². The number of fused-ring (bicyclic) bond motifs is 1. The molecule has 0 bridgehead atoms. The number of anilines is 2. The molecule has 1 amide bonds. The van der Waals surface area contributed by atoms with E-state index in [-0.39, 0.29) is 0 Å². The Labute approximate surface area is 230 Å². The summed E-state index contributed by atoms with van der Waals surface area (Å²) < 4.78 is 11.7. The van der Waals surface area contributed by atoms with Crippen molar-refractivity contribution in [2.45, 2.75) is 18.9 Å². The van der Waals surface area contributed by atoms with Gasteiger partial charge >= 0.3 is 0 Å². The standard InChI is InChI=1S/C29H24Cl2N4O3/c1-2-37-27-14-25-22(13-21(27)23(30)9-11-28(33)36)29(19(15-32)16-34-25)35-20-8-10-26(24(31)12-20)38-17-18-6-4-3-5-7-18/h3-14,16,23H,2,17H2,1H3,(H2,33,36)(H,34,35)/b11-9+. The second-order valence-corrected chi connectivity index (χ2v) is 9.08. The van der Waals surface area contributed by atoms with Gasteiger partial charge in [-0.1, -0.05) is 48.0 Å². The third-order valence-electron chi connectivity index (χ3n) is 5.58. The number of carbonyl (C=O) groups excluding carboxylic acids is 1. The Morgan fingerprint density at radius 2 is 1.95 bits per heavy atom. The van der Waals surface area contributed by atoms with Crippen LogP contribution >= 0.6 is 23.2 Å². The molecule has 1 heterocycles. The third kappa shape index (κ3) is 6.35. The summed E-state index contributed by atoms with van der Waals surface area (Å²) in [5, 5.41) is 13.5. The van der Waals surface area contributed by atoms with Crippen molar-refractivity contribution in [2.24, 2.45) is 5.73 Å². The monoisotopic (exact) mass is 546 g/mol. The minimum Gasteiger partial charge on any atom is -0.493 e. The lowest BCUT2D eigenvalue weighted by Gasteiger charge is -2.17. The smallest absolute Gasteiger partial charge is 0.241 e. The molecule has 4 aromatic rings. The number of hydrogen-bond donors (Lipinski definition) is 2. The molecule has 0 spiro atoms. The fourth-order valence-corrected chi connectivity index (χ4v) is 4.29. The number of primary amides is 1. The van der Waals surface area contributed by atoms with E-state index in [0.717, 1.165) is 5.56 Å². The van der Waals surface area contributed by atoms with Gasteiger partial charge in [0.2, 0.25) is 5.91 Å². The van der Waals surface area contributed by atoms with Crippen molar-refractivity contribution in [1.82, 2.24) is 4.98 Å². The first-order chi connectivity index (χ1) is 18.4. The Morgan fingerprint density at radius 3 is 2.63 bits per heavy atom. The summed E-state index contributed by atoms with van der Waals surface area (Å²) in [4.78, 5) is 15.7. The van der Waals surface area contributed by atoms with Crippen LogP contribution in [0.15, 0.2) is 79.0 Å². The number of benzene rings is 3. The van der Waals surface area contributed by atoms with Crippen molar-refractivity contribution in [3.63, 3.8) is 0 Å². The maximum Gasteiger partial charge on any atom is 0.241 e. The number of hydrogen-bond acceptors (Lipinski definition) is 6. The minimum atomic E-state index is -0.706. The number of nitrogens with zero attached hydrogens (tertiary/aromatic N) is 2. The maximum atomic E-state index is 11.2. The molecule has 38 heavy (non-hydrogen) atoms. The van der Waals surface area contributed by atoms with Crippen molar-refractivity contribution in [2.75, 3.05) is 11.9 Å². The molecule has 1 aromatic heterocycles. The van der Waals surface area contributed by atoms with E-state index in [0.29, 0.717) is 63.1 Å². The first kappa shape index (κ1) is 26.8. The molecule has 0 aliphatic rings. The van der Waals surface area contributed by atoms with Crippen molar-refractivity contribution >= 4 is 51.4 Å². The van der Waals surface area contributed by atoms with Crippen molar-refractivity contribution in [3.8, 4) is 17.6 Å². The lowest BCUT2D eigenvalue weighted by molar-refractivity contribution is -0.113. The number of rotatable bonds is 10. The molecule has 0 saturated carbocycles. The largest absolute Gasteiger partial charge is 0.493 e. The average molecular weight is 547 g/mol. The van der Waals surface area contributed by atoms with Gasteiger partial charge in [-0.05, 0) is 36.8 Å². The number of nitrogens with two attached hydrogens (primary N) is 1. The Kier molecular flexibility index (Phi) is 8.70. The van der Waals surface area contributed by atoms with Gasteiger partial charge < -0.3 is 20.5 Å². The van der Waals surface area contributed by atoms with E-state index in [1.165, 1.54) is 18.3 Å². The SMILES string of the molecule is CCOc1cc2ncc(C#N)c(Nc3ccc(OCc4ccccc4)c(Cl)c3)c2cc1C(Cl)/C=C/C(N)=O. The number of allylic oxidation sites excluding steroid dienone is 1. The number of nitriles is 1. The second kappa shape index (κ2) is 12.3. The first-order valence-electron chi connectivity index (χ1n) is 11.7. The molecule has 0 radical (unpaired) electrons. The molecule has 0 saturated heterocycles. The summed E-state index contributed by atoms with van der Waals surface area (Å²) in [7, 11) is 0. The molecule has 3 N–H and O–H groups in total. The molecule has 7 nitrogen and oxygen atoms in total. The van der Waals surface area contributed by atoms with Crippen LogP contribution in [0.5, 0.6) is 11.5 Å². The van der Waals surface area contributed by atoms with E-state index in [9.17, 15) is 10.1 Å². The van der Waals surface area contributed by atoms with Gasteiger partial charge in [0.25, 0.3) is 0 Å². The molecule has 0 aliphatic heterocycles. The molecule has 4 rings (SSSR count). The quantitative estimate of drug-likeness (QED) is 0.167. The van der Waals surface area contributed by atoms with E-state index < -0.39 is 11.3 Å². The summed E-state index contributed by atoms with van der Waals surface area (Å²) >= 11 is 13.1. The van der Waals surface area contributed by atoms with Crippen molar-refractivity contribution in [1.29, 1.82) is 5.26 Å². The van der Waals surface area contributed by atoms with Gasteiger partial charge in [0.05, 0.1) is 33.8 Å². The van der Waals surface area contributed by atoms with Gasteiger partial charge in [-0.3, -0.25) is 9.78 Å². The van der Waals surface area contributed by atoms with E-state index in [4.69, 9.17) is 38.4 Å².